The maximum absolute atomic E-state index is 13.1. The highest BCUT2D eigenvalue weighted by Gasteiger charge is 2.56. The first-order chi connectivity index (χ1) is 10.8. The molecule has 4 amide bonds. The summed E-state index contributed by atoms with van der Waals surface area (Å²) in [4.78, 5) is 37.5. The molecular weight excluding hydrogens is 301 g/mol. The number of imide groups is 1. The Morgan fingerprint density at radius 3 is 2.74 bits per heavy atom. The van der Waals surface area contributed by atoms with E-state index in [1.54, 1.807) is 13.8 Å². The van der Waals surface area contributed by atoms with Crippen molar-refractivity contribution in [1.29, 1.82) is 0 Å². The molecule has 0 bridgehead atoms. The number of nitrogens with one attached hydrogen (secondary N) is 2. The van der Waals surface area contributed by atoms with Crippen LogP contribution in [0.15, 0.2) is 18.2 Å². The summed E-state index contributed by atoms with van der Waals surface area (Å²) in [6.45, 7) is 3.01. The van der Waals surface area contributed by atoms with E-state index in [0.29, 0.717) is 11.3 Å². The van der Waals surface area contributed by atoms with Crippen LogP contribution in [0.1, 0.15) is 25.3 Å². The molecule has 0 unspecified atom stereocenters. The fourth-order valence-corrected chi connectivity index (χ4v) is 2.90. The van der Waals surface area contributed by atoms with Gasteiger partial charge in [0, 0.05) is 5.69 Å². The Morgan fingerprint density at radius 2 is 2.13 bits per heavy atom. The van der Waals surface area contributed by atoms with E-state index >= 15 is 0 Å². The first kappa shape index (κ1) is 15.5. The molecule has 3 rings (SSSR count). The molecule has 0 radical (unpaired) electrons. The molecule has 0 aromatic heterocycles. The number of carbonyl (C=O) groups is 3. The summed E-state index contributed by atoms with van der Waals surface area (Å²) in [5.41, 5.74) is 0.121. The van der Waals surface area contributed by atoms with Crippen LogP contribution in [0.25, 0.3) is 0 Å². The molecule has 1 aromatic carbocycles. The molecular formula is C16H18FN3O3. The third-order valence-electron chi connectivity index (χ3n) is 4.46. The van der Waals surface area contributed by atoms with Gasteiger partial charge in [0.15, 0.2) is 0 Å². The molecule has 2 N–H and O–H groups in total. The topological polar surface area (TPSA) is 78.5 Å². The minimum Gasteiger partial charge on any atom is -0.324 e. The molecule has 2 fully saturated rings. The van der Waals surface area contributed by atoms with E-state index in [-0.39, 0.29) is 18.4 Å². The maximum Gasteiger partial charge on any atom is 0.325 e. The molecule has 1 aromatic rings. The number of rotatable bonds is 4. The van der Waals surface area contributed by atoms with Crippen LogP contribution in [-0.4, -0.2) is 34.8 Å². The quantitative estimate of drug-likeness (QED) is 0.831. The Morgan fingerprint density at radius 1 is 1.43 bits per heavy atom. The third-order valence-corrected chi connectivity index (χ3v) is 4.46. The highest BCUT2D eigenvalue weighted by molar-refractivity contribution is 6.10. The van der Waals surface area contributed by atoms with Crippen molar-refractivity contribution in [3.63, 3.8) is 0 Å². The van der Waals surface area contributed by atoms with Crippen molar-refractivity contribution in [3.05, 3.63) is 29.6 Å². The van der Waals surface area contributed by atoms with Crippen molar-refractivity contribution in [2.24, 2.45) is 5.92 Å². The minimum atomic E-state index is -0.900. The molecule has 1 atom stereocenters. The molecule has 122 valence electrons. The molecule has 23 heavy (non-hydrogen) atoms. The standard InChI is InChI=1S/C16H18FN3O3/c1-9-7-11(17)5-6-12(9)18-13(21)8-20-14(22)16(2,10-3-4-10)19-15(20)23/h5-7,10H,3-4,8H2,1-2H3,(H,18,21)(H,19,23)/t16-/m1/s1. The van der Waals surface area contributed by atoms with Crippen LogP contribution in [-0.2, 0) is 9.59 Å². The molecule has 7 heteroatoms. The van der Waals surface area contributed by atoms with Gasteiger partial charge in [-0.25, -0.2) is 9.18 Å². The summed E-state index contributed by atoms with van der Waals surface area (Å²) in [5.74, 6) is -1.11. The first-order valence-electron chi connectivity index (χ1n) is 7.51. The first-order valence-corrected chi connectivity index (χ1v) is 7.51. The number of halogens is 1. The average Bonchev–Trinajstić information content (AvgIpc) is 3.28. The number of urea groups is 1. The van der Waals surface area contributed by atoms with Crippen molar-refractivity contribution in [2.45, 2.75) is 32.2 Å². The molecule has 1 saturated carbocycles. The zero-order valence-electron chi connectivity index (χ0n) is 13.0. The van der Waals surface area contributed by atoms with Gasteiger partial charge in [-0.2, -0.15) is 0 Å². The number of carbonyl (C=O) groups excluding carboxylic acids is 3. The second-order valence-corrected chi connectivity index (χ2v) is 6.31. The maximum atomic E-state index is 13.1. The molecule has 1 heterocycles. The van der Waals surface area contributed by atoms with E-state index < -0.39 is 23.3 Å². The van der Waals surface area contributed by atoms with Crippen molar-refractivity contribution in [1.82, 2.24) is 10.2 Å². The van der Waals surface area contributed by atoms with Gasteiger partial charge in [-0.3, -0.25) is 14.5 Å². The van der Waals surface area contributed by atoms with Crippen LogP contribution in [0.3, 0.4) is 0 Å². The van der Waals surface area contributed by atoms with Gasteiger partial charge in [0.2, 0.25) is 5.91 Å². The van der Waals surface area contributed by atoms with Gasteiger partial charge < -0.3 is 10.6 Å². The van der Waals surface area contributed by atoms with E-state index in [1.165, 1.54) is 18.2 Å². The number of nitrogens with zero attached hydrogens (tertiary/aromatic N) is 1. The van der Waals surface area contributed by atoms with E-state index in [4.69, 9.17) is 0 Å². The third kappa shape index (κ3) is 2.78. The molecule has 1 aliphatic heterocycles. The second kappa shape index (κ2) is 5.33. The van der Waals surface area contributed by atoms with Gasteiger partial charge in [0.25, 0.3) is 5.91 Å². The number of hydrogen-bond donors (Lipinski definition) is 2. The summed E-state index contributed by atoms with van der Waals surface area (Å²) >= 11 is 0. The largest absolute Gasteiger partial charge is 0.325 e. The average molecular weight is 319 g/mol. The Bertz CT molecular complexity index is 702. The summed E-state index contributed by atoms with van der Waals surface area (Å²) in [6, 6.07) is 3.44. The van der Waals surface area contributed by atoms with Crippen LogP contribution in [0.5, 0.6) is 0 Å². The number of hydrogen-bond acceptors (Lipinski definition) is 3. The van der Waals surface area contributed by atoms with Crippen LogP contribution in [0.2, 0.25) is 0 Å². The molecule has 1 saturated heterocycles. The van der Waals surface area contributed by atoms with Crippen molar-refractivity contribution in [2.75, 3.05) is 11.9 Å². The van der Waals surface area contributed by atoms with Crippen LogP contribution >= 0.6 is 0 Å². The van der Waals surface area contributed by atoms with Crippen molar-refractivity contribution < 1.29 is 18.8 Å². The highest BCUT2D eigenvalue weighted by Crippen LogP contribution is 2.42. The smallest absolute Gasteiger partial charge is 0.324 e. The second-order valence-electron chi connectivity index (χ2n) is 6.31. The van der Waals surface area contributed by atoms with Crippen LogP contribution < -0.4 is 10.6 Å². The van der Waals surface area contributed by atoms with Gasteiger partial charge in [-0.05, 0) is 56.4 Å². The fourth-order valence-electron chi connectivity index (χ4n) is 2.90. The van der Waals surface area contributed by atoms with E-state index in [9.17, 15) is 18.8 Å². The molecule has 6 nitrogen and oxygen atoms in total. The summed E-state index contributed by atoms with van der Waals surface area (Å²) in [5, 5.41) is 5.29. The number of anilines is 1. The summed E-state index contributed by atoms with van der Waals surface area (Å²) in [6.07, 6.45) is 1.80. The molecule has 1 aliphatic carbocycles. The number of amides is 4. The Balaban J connectivity index is 1.68. The lowest BCUT2D eigenvalue weighted by Gasteiger charge is -2.20. The van der Waals surface area contributed by atoms with Gasteiger partial charge in [-0.15, -0.1) is 0 Å². The zero-order chi connectivity index (χ0) is 16.8. The Kier molecular flexibility index (Phi) is 3.58. The SMILES string of the molecule is Cc1cc(F)ccc1NC(=O)CN1C(=O)N[C@](C)(C2CC2)C1=O. The highest BCUT2D eigenvalue weighted by atomic mass is 19.1. The lowest BCUT2D eigenvalue weighted by atomic mass is 9.96. The fraction of sp³-hybridized carbons (Fsp3) is 0.438. The van der Waals surface area contributed by atoms with E-state index in [0.717, 1.165) is 17.7 Å². The lowest BCUT2D eigenvalue weighted by Crippen LogP contribution is -2.46. The number of aryl methyl sites for hydroxylation is 1. The monoisotopic (exact) mass is 319 g/mol. The normalized spacial score (nSPS) is 23.9. The molecule has 2 aliphatic rings. The predicted molar refractivity (Wildman–Crippen MR) is 81.1 cm³/mol. The number of benzene rings is 1. The van der Waals surface area contributed by atoms with Crippen LogP contribution in [0.4, 0.5) is 14.9 Å². The van der Waals surface area contributed by atoms with E-state index in [2.05, 4.69) is 10.6 Å². The summed E-state index contributed by atoms with van der Waals surface area (Å²) < 4.78 is 13.1. The van der Waals surface area contributed by atoms with E-state index in [1.807, 2.05) is 0 Å². The predicted octanol–water partition coefficient (Wildman–Crippen LogP) is 1.79. The minimum absolute atomic E-state index is 0.145. The Hall–Kier alpha value is -2.44. The van der Waals surface area contributed by atoms with Gasteiger partial charge in [0.1, 0.15) is 17.9 Å². The molecule has 0 spiro atoms. The summed E-state index contributed by atoms with van der Waals surface area (Å²) in [7, 11) is 0. The van der Waals surface area contributed by atoms with Gasteiger partial charge in [-0.1, -0.05) is 0 Å². The van der Waals surface area contributed by atoms with Crippen molar-refractivity contribution >= 4 is 23.5 Å². The van der Waals surface area contributed by atoms with Crippen LogP contribution in [0, 0.1) is 18.7 Å². The lowest BCUT2D eigenvalue weighted by molar-refractivity contribution is -0.134. The van der Waals surface area contributed by atoms with Gasteiger partial charge >= 0.3 is 6.03 Å². The van der Waals surface area contributed by atoms with Crippen molar-refractivity contribution in [3.8, 4) is 0 Å². The Labute approximate surface area is 133 Å². The van der Waals surface area contributed by atoms with Gasteiger partial charge in [0.05, 0.1) is 0 Å². The zero-order valence-corrected chi connectivity index (χ0v) is 13.0.